The molecule has 0 unspecified atom stereocenters. The third-order valence-electron chi connectivity index (χ3n) is 4.30. The van der Waals surface area contributed by atoms with Gasteiger partial charge in [-0.2, -0.15) is 13.2 Å². The molecule has 0 radical (unpaired) electrons. The fraction of sp³-hybridized carbons (Fsp3) is 0.158. The van der Waals surface area contributed by atoms with Crippen LogP contribution < -0.4 is 9.47 Å². The fourth-order valence-corrected chi connectivity index (χ4v) is 3.95. The van der Waals surface area contributed by atoms with Crippen molar-refractivity contribution in [1.82, 2.24) is 4.90 Å². The number of imide groups is 1. The van der Waals surface area contributed by atoms with Gasteiger partial charge in [0.2, 0.25) is 6.79 Å². The first kappa shape index (κ1) is 19.7. The second-order valence-corrected chi connectivity index (χ2v) is 7.55. The summed E-state index contributed by atoms with van der Waals surface area (Å²) in [7, 11) is 0. The van der Waals surface area contributed by atoms with E-state index in [1.54, 1.807) is 6.07 Å². The van der Waals surface area contributed by atoms with E-state index in [1.165, 1.54) is 24.3 Å². The quantitative estimate of drug-likeness (QED) is 0.603. The number of amides is 2. The van der Waals surface area contributed by atoms with Crippen molar-refractivity contribution in [2.75, 3.05) is 6.79 Å². The van der Waals surface area contributed by atoms with E-state index in [2.05, 4.69) is 0 Å². The zero-order chi connectivity index (χ0) is 20.8. The number of nitrogens with zero attached hydrogens (tertiary/aromatic N) is 1. The van der Waals surface area contributed by atoms with E-state index in [9.17, 15) is 22.8 Å². The summed E-state index contributed by atoms with van der Waals surface area (Å²) in [5.74, 6) is 0.202. The van der Waals surface area contributed by atoms with Crippen LogP contribution in [-0.2, 0) is 17.5 Å². The van der Waals surface area contributed by atoms with E-state index in [4.69, 9.17) is 21.1 Å². The number of carbonyl (C=O) groups excluding carboxylic acids is 2. The molecular formula is C19H11ClF3NO4S. The lowest BCUT2D eigenvalue weighted by Crippen LogP contribution is -2.27. The van der Waals surface area contributed by atoms with E-state index in [0.717, 1.165) is 17.0 Å². The van der Waals surface area contributed by atoms with Crippen LogP contribution in [0.2, 0.25) is 5.02 Å². The molecule has 1 fully saturated rings. The lowest BCUT2D eigenvalue weighted by molar-refractivity contribution is -0.137. The zero-order valence-electron chi connectivity index (χ0n) is 14.5. The smallest absolute Gasteiger partial charge is 0.416 e. The minimum atomic E-state index is -4.58. The number of alkyl halides is 3. The highest BCUT2D eigenvalue weighted by Gasteiger charge is 2.37. The van der Waals surface area contributed by atoms with Crippen LogP contribution in [0.15, 0.2) is 41.3 Å². The van der Waals surface area contributed by atoms with Gasteiger partial charge in [0.25, 0.3) is 11.1 Å². The normalized spacial score (nSPS) is 17.5. The molecule has 2 aromatic carbocycles. The highest BCUT2D eigenvalue weighted by atomic mass is 35.5. The first-order chi connectivity index (χ1) is 13.7. The average molecular weight is 442 g/mol. The van der Waals surface area contributed by atoms with Gasteiger partial charge in [-0.3, -0.25) is 14.5 Å². The molecular weight excluding hydrogens is 431 g/mol. The number of fused-ring (bicyclic) bond motifs is 1. The summed E-state index contributed by atoms with van der Waals surface area (Å²) in [6, 6.07) is 7.93. The molecule has 0 spiro atoms. The summed E-state index contributed by atoms with van der Waals surface area (Å²) >= 11 is 6.77. The molecule has 0 saturated carbocycles. The predicted molar refractivity (Wildman–Crippen MR) is 101 cm³/mol. The Kier molecular flexibility index (Phi) is 4.95. The highest BCUT2D eigenvalue weighted by Crippen LogP contribution is 2.40. The molecule has 2 heterocycles. The minimum absolute atomic E-state index is 0.0397. The lowest BCUT2D eigenvalue weighted by Gasteiger charge is -2.14. The Morgan fingerprint density at radius 2 is 1.83 bits per heavy atom. The van der Waals surface area contributed by atoms with Crippen LogP contribution in [0.25, 0.3) is 6.08 Å². The van der Waals surface area contributed by atoms with E-state index in [-0.39, 0.29) is 28.8 Å². The van der Waals surface area contributed by atoms with Crippen LogP contribution in [0.4, 0.5) is 18.0 Å². The summed E-state index contributed by atoms with van der Waals surface area (Å²) < 4.78 is 50.0. The van der Waals surface area contributed by atoms with E-state index in [1.807, 2.05) is 0 Å². The summed E-state index contributed by atoms with van der Waals surface area (Å²) in [5, 5.41) is -0.320. The summed E-state index contributed by atoms with van der Waals surface area (Å²) in [6.45, 7) is -0.101. The largest absolute Gasteiger partial charge is 0.454 e. The Labute approximate surface area is 172 Å². The van der Waals surface area contributed by atoms with Gasteiger partial charge in [0, 0.05) is 11.1 Å². The number of hydrogen-bond acceptors (Lipinski definition) is 5. The van der Waals surface area contributed by atoms with Gasteiger partial charge < -0.3 is 9.47 Å². The molecule has 0 aromatic heterocycles. The Morgan fingerprint density at radius 1 is 1.14 bits per heavy atom. The fourth-order valence-electron chi connectivity index (χ4n) is 2.91. The van der Waals surface area contributed by atoms with E-state index >= 15 is 0 Å². The van der Waals surface area contributed by atoms with Crippen LogP contribution in [0.1, 0.15) is 16.7 Å². The second-order valence-electron chi connectivity index (χ2n) is 6.15. The molecule has 0 aliphatic carbocycles. The maximum atomic E-state index is 13.2. The zero-order valence-corrected chi connectivity index (χ0v) is 16.0. The summed E-state index contributed by atoms with van der Waals surface area (Å²) in [5.41, 5.74) is -0.618. The number of benzene rings is 2. The van der Waals surface area contributed by atoms with Gasteiger partial charge in [-0.25, -0.2) is 0 Å². The standard InChI is InChI=1S/C19H11ClF3NO4S/c20-13-7-15-14(27-9-28-15)5-11(13)8-24-17(25)16(29-18(24)26)6-10-3-1-2-4-12(10)19(21,22)23/h1-7H,8-9H2/b16-6-. The van der Waals surface area contributed by atoms with Crippen LogP contribution in [0.5, 0.6) is 11.5 Å². The van der Waals surface area contributed by atoms with Gasteiger partial charge in [0.1, 0.15) is 0 Å². The molecule has 0 N–H and O–H groups in total. The minimum Gasteiger partial charge on any atom is -0.454 e. The number of halogens is 4. The Balaban J connectivity index is 1.62. The number of rotatable bonds is 3. The Bertz CT molecular complexity index is 1050. The molecule has 10 heteroatoms. The number of thioether (sulfide) groups is 1. The molecule has 2 amide bonds. The molecule has 5 nitrogen and oxygen atoms in total. The van der Waals surface area contributed by atoms with Crippen molar-refractivity contribution < 1.29 is 32.2 Å². The molecule has 1 saturated heterocycles. The van der Waals surface area contributed by atoms with Crippen molar-refractivity contribution in [3.05, 3.63) is 63.0 Å². The molecule has 0 atom stereocenters. The maximum Gasteiger partial charge on any atom is 0.416 e. The van der Waals surface area contributed by atoms with Crippen LogP contribution in [-0.4, -0.2) is 22.8 Å². The highest BCUT2D eigenvalue weighted by molar-refractivity contribution is 8.18. The monoisotopic (exact) mass is 441 g/mol. The van der Waals surface area contributed by atoms with Crippen molar-refractivity contribution in [1.29, 1.82) is 0 Å². The average Bonchev–Trinajstić information content (AvgIpc) is 3.21. The molecule has 2 aromatic rings. The molecule has 150 valence electrons. The summed E-state index contributed by atoms with van der Waals surface area (Å²) in [6.07, 6.45) is -3.50. The van der Waals surface area contributed by atoms with Gasteiger partial charge in [0.05, 0.1) is 17.0 Å². The van der Waals surface area contributed by atoms with Crippen molar-refractivity contribution in [3.63, 3.8) is 0 Å². The summed E-state index contributed by atoms with van der Waals surface area (Å²) in [4.78, 5) is 25.8. The molecule has 2 aliphatic rings. The Morgan fingerprint density at radius 3 is 2.55 bits per heavy atom. The van der Waals surface area contributed by atoms with Crippen LogP contribution in [0, 0.1) is 0 Å². The van der Waals surface area contributed by atoms with E-state index < -0.39 is 22.9 Å². The predicted octanol–water partition coefficient (Wildman–Crippen LogP) is 5.32. The number of ether oxygens (including phenoxy) is 2. The maximum absolute atomic E-state index is 13.2. The first-order valence-electron chi connectivity index (χ1n) is 8.23. The topological polar surface area (TPSA) is 55.8 Å². The van der Waals surface area contributed by atoms with Crippen molar-refractivity contribution in [2.24, 2.45) is 0 Å². The van der Waals surface area contributed by atoms with Crippen molar-refractivity contribution >= 4 is 40.6 Å². The van der Waals surface area contributed by atoms with Gasteiger partial charge in [-0.05, 0) is 41.1 Å². The molecule has 2 aliphatic heterocycles. The molecule has 4 rings (SSSR count). The molecule has 29 heavy (non-hydrogen) atoms. The van der Waals surface area contributed by atoms with Gasteiger partial charge in [-0.15, -0.1) is 0 Å². The van der Waals surface area contributed by atoms with Gasteiger partial charge in [-0.1, -0.05) is 29.8 Å². The first-order valence-corrected chi connectivity index (χ1v) is 9.43. The second kappa shape index (κ2) is 7.31. The number of hydrogen-bond donors (Lipinski definition) is 0. The lowest BCUT2D eigenvalue weighted by atomic mass is 10.1. The van der Waals surface area contributed by atoms with Gasteiger partial charge in [0.15, 0.2) is 11.5 Å². The third-order valence-corrected chi connectivity index (χ3v) is 5.56. The van der Waals surface area contributed by atoms with Crippen molar-refractivity contribution in [3.8, 4) is 11.5 Å². The van der Waals surface area contributed by atoms with Crippen molar-refractivity contribution in [2.45, 2.75) is 12.7 Å². The Hall–Kier alpha value is -2.65. The number of carbonyl (C=O) groups is 2. The van der Waals surface area contributed by atoms with E-state index in [0.29, 0.717) is 28.8 Å². The van der Waals surface area contributed by atoms with Gasteiger partial charge >= 0.3 is 6.18 Å². The SMILES string of the molecule is O=C1S/C(=C\c2ccccc2C(F)(F)F)C(=O)N1Cc1cc2c(cc1Cl)OCO2. The van der Waals surface area contributed by atoms with Crippen LogP contribution in [0.3, 0.4) is 0 Å². The van der Waals surface area contributed by atoms with Crippen LogP contribution >= 0.6 is 23.4 Å². The molecule has 0 bridgehead atoms. The third kappa shape index (κ3) is 3.79.